The van der Waals surface area contributed by atoms with Gasteiger partial charge in [0.25, 0.3) is 11.8 Å². The van der Waals surface area contributed by atoms with Crippen molar-refractivity contribution in [3.05, 3.63) is 102 Å². The molecule has 4 fully saturated rings. The number of anilines is 3. The number of fused-ring (bicyclic) bond motifs is 2. The first-order valence-electron chi connectivity index (χ1n) is 20.7. The number of nitrogens with zero attached hydrogens (tertiary/aromatic N) is 9. The lowest BCUT2D eigenvalue weighted by molar-refractivity contribution is -0.136. The van der Waals surface area contributed by atoms with Crippen molar-refractivity contribution >= 4 is 46.6 Å². The van der Waals surface area contributed by atoms with Crippen LogP contribution in [0, 0.1) is 11.7 Å². The number of aromatic nitrogens is 4. The highest BCUT2D eigenvalue weighted by molar-refractivity contribution is 6.23. The van der Waals surface area contributed by atoms with E-state index in [4.69, 9.17) is 10.1 Å². The molecular formula is C44H45FN10O4. The highest BCUT2D eigenvalue weighted by Gasteiger charge is 2.45. The fourth-order valence-electron chi connectivity index (χ4n) is 9.59. The molecule has 4 amide bonds. The Morgan fingerprint density at radius 2 is 1.54 bits per heavy atom. The summed E-state index contributed by atoms with van der Waals surface area (Å²) in [5, 5.41) is 7.29. The third-order valence-corrected chi connectivity index (χ3v) is 12.7. The number of imide groups is 2. The van der Waals surface area contributed by atoms with Crippen LogP contribution in [0.2, 0.25) is 0 Å². The van der Waals surface area contributed by atoms with E-state index in [1.807, 2.05) is 47.1 Å². The third kappa shape index (κ3) is 6.96. The first-order chi connectivity index (χ1) is 28.8. The molecule has 14 nitrogen and oxygen atoms in total. The topological polar surface area (TPSA) is 140 Å². The maximum atomic E-state index is 14.1. The van der Waals surface area contributed by atoms with Crippen molar-refractivity contribution in [2.75, 3.05) is 67.1 Å². The van der Waals surface area contributed by atoms with Gasteiger partial charge in [-0.05, 0) is 98.2 Å². The van der Waals surface area contributed by atoms with Gasteiger partial charge in [-0.25, -0.2) is 18.9 Å². The second-order valence-corrected chi connectivity index (χ2v) is 16.3. The van der Waals surface area contributed by atoms with E-state index in [1.165, 1.54) is 6.07 Å². The largest absolute Gasteiger partial charge is 0.371 e. The summed E-state index contributed by atoms with van der Waals surface area (Å²) in [5.41, 5.74) is 4.86. The van der Waals surface area contributed by atoms with Gasteiger partial charge < -0.3 is 14.7 Å². The molecule has 3 aromatic heterocycles. The summed E-state index contributed by atoms with van der Waals surface area (Å²) < 4.78 is 16.0. The number of hydrogen-bond acceptors (Lipinski definition) is 11. The van der Waals surface area contributed by atoms with Crippen LogP contribution in [0.1, 0.15) is 70.8 Å². The van der Waals surface area contributed by atoms with Crippen LogP contribution in [0.4, 0.5) is 21.7 Å². The Bertz CT molecular complexity index is 2470. The van der Waals surface area contributed by atoms with Gasteiger partial charge in [-0.2, -0.15) is 0 Å². The third-order valence-electron chi connectivity index (χ3n) is 12.7. The summed E-state index contributed by atoms with van der Waals surface area (Å²) in [6.07, 6.45) is 6.06. The fourth-order valence-corrected chi connectivity index (χ4v) is 9.59. The van der Waals surface area contributed by atoms with Crippen LogP contribution in [0.3, 0.4) is 0 Å². The molecule has 59 heavy (non-hydrogen) atoms. The van der Waals surface area contributed by atoms with Gasteiger partial charge in [-0.3, -0.25) is 34.3 Å². The lowest BCUT2D eigenvalue weighted by atomic mass is 9.95. The van der Waals surface area contributed by atoms with E-state index >= 15 is 0 Å². The van der Waals surface area contributed by atoms with Crippen molar-refractivity contribution in [2.24, 2.45) is 5.92 Å². The minimum atomic E-state index is -0.970. The number of carbonyl (C=O) groups is 4. The molecular weight excluding hydrogens is 752 g/mol. The van der Waals surface area contributed by atoms with E-state index in [2.05, 4.69) is 36.0 Å². The zero-order valence-electron chi connectivity index (χ0n) is 32.7. The molecule has 2 aromatic carbocycles. The molecule has 0 radical (unpaired) electrons. The number of amides is 4. The molecule has 5 aromatic rings. The van der Waals surface area contributed by atoms with Gasteiger partial charge in [0.2, 0.25) is 11.8 Å². The molecule has 4 saturated heterocycles. The molecule has 5 aliphatic heterocycles. The number of halogens is 1. The van der Waals surface area contributed by atoms with Crippen LogP contribution < -0.4 is 20.0 Å². The van der Waals surface area contributed by atoms with Crippen molar-refractivity contribution in [1.82, 2.24) is 34.7 Å². The van der Waals surface area contributed by atoms with Crippen LogP contribution in [0.5, 0.6) is 0 Å². The predicted molar refractivity (Wildman–Crippen MR) is 219 cm³/mol. The highest BCUT2D eigenvalue weighted by atomic mass is 19.1. The molecule has 10 rings (SSSR count). The predicted octanol–water partition coefficient (Wildman–Crippen LogP) is 4.71. The first-order valence-corrected chi connectivity index (χ1v) is 20.7. The molecule has 0 spiro atoms. The number of rotatable bonds is 8. The lowest BCUT2D eigenvalue weighted by Gasteiger charge is -2.39. The fraction of sp³-hybridized carbons (Fsp3) is 0.386. The number of pyridine rings is 1. The highest BCUT2D eigenvalue weighted by Crippen LogP contribution is 2.36. The molecule has 2 unspecified atom stereocenters. The smallest absolute Gasteiger partial charge is 0.262 e. The van der Waals surface area contributed by atoms with Crippen LogP contribution in [-0.2, 0) is 9.59 Å². The maximum Gasteiger partial charge on any atom is 0.262 e. The first kappa shape index (κ1) is 37.1. The molecule has 0 aliphatic carbocycles. The monoisotopic (exact) mass is 796 g/mol. The number of piperidine rings is 2. The van der Waals surface area contributed by atoms with Crippen molar-refractivity contribution in [2.45, 2.75) is 50.6 Å². The average Bonchev–Trinajstić information content (AvgIpc) is 3.98. The summed E-state index contributed by atoms with van der Waals surface area (Å²) in [4.78, 5) is 70.8. The van der Waals surface area contributed by atoms with Gasteiger partial charge in [0, 0.05) is 64.5 Å². The summed E-state index contributed by atoms with van der Waals surface area (Å²) in [5.74, 6) is 0.141. The minimum Gasteiger partial charge on any atom is -0.371 e. The Morgan fingerprint density at radius 1 is 0.729 bits per heavy atom. The van der Waals surface area contributed by atoms with Gasteiger partial charge in [-0.1, -0.05) is 18.2 Å². The molecule has 2 atom stereocenters. The Morgan fingerprint density at radius 3 is 2.36 bits per heavy atom. The van der Waals surface area contributed by atoms with Crippen molar-refractivity contribution in [1.29, 1.82) is 0 Å². The quantitative estimate of drug-likeness (QED) is 0.219. The second-order valence-electron chi connectivity index (χ2n) is 16.3. The summed E-state index contributed by atoms with van der Waals surface area (Å²) in [6, 6.07) is 21.4. The molecule has 1 N–H and O–H groups in total. The Kier molecular flexibility index (Phi) is 9.54. The van der Waals surface area contributed by atoms with Crippen LogP contribution in [0.25, 0.3) is 17.0 Å². The number of carbonyl (C=O) groups excluding carboxylic acids is 4. The van der Waals surface area contributed by atoms with E-state index in [-0.39, 0.29) is 30.6 Å². The summed E-state index contributed by atoms with van der Waals surface area (Å²) in [7, 11) is 0. The molecule has 15 heteroatoms. The molecule has 8 heterocycles. The van der Waals surface area contributed by atoms with Crippen molar-refractivity contribution in [3.63, 3.8) is 0 Å². The average molecular weight is 797 g/mol. The van der Waals surface area contributed by atoms with Crippen LogP contribution in [0.15, 0.2) is 79.0 Å². The van der Waals surface area contributed by atoms with Gasteiger partial charge in [0.05, 0.1) is 29.1 Å². The normalized spacial score (nSPS) is 21.8. The zero-order valence-corrected chi connectivity index (χ0v) is 32.7. The van der Waals surface area contributed by atoms with E-state index in [1.54, 1.807) is 24.3 Å². The maximum absolute atomic E-state index is 14.1. The Labute approximate surface area is 340 Å². The zero-order chi connectivity index (χ0) is 40.2. The second kappa shape index (κ2) is 15.2. The van der Waals surface area contributed by atoms with E-state index in [0.29, 0.717) is 17.0 Å². The molecule has 302 valence electrons. The van der Waals surface area contributed by atoms with Gasteiger partial charge in [0.1, 0.15) is 29.2 Å². The summed E-state index contributed by atoms with van der Waals surface area (Å²) in [6.45, 7) is 7.22. The number of benzene rings is 2. The standard InChI is InChI=1S/C44H45FN10O4/c45-30-5-1-4-29(24-30)35-7-3-17-53(35)40-13-12-38-46-26-37(55(38)49-40)34-6-2-8-39(47-34)52-22-20-50(21-23-52)27-28-15-18-51(19-16-28)31-9-10-32-33(25-31)44(59)54(43(32)58)36-11-14-41(56)48-42(36)57/h1-2,4-6,8-10,12-13,24-26,28,35-36H,3,7,11,14-23,27H2,(H,48,56,57). The number of imidazole rings is 1. The van der Waals surface area contributed by atoms with Crippen LogP contribution in [-0.4, -0.2) is 111 Å². The number of hydrogen-bond donors (Lipinski definition) is 1. The van der Waals surface area contributed by atoms with Gasteiger partial charge in [0.15, 0.2) is 5.65 Å². The van der Waals surface area contributed by atoms with E-state index in [9.17, 15) is 23.6 Å². The van der Waals surface area contributed by atoms with Crippen molar-refractivity contribution < 1.29 is 23.6 Å². The van der Waals surface area contributed by atoms with Crippen LogP contribution >= 0.6 is 0 Å². The number of piperazine rings is 1. The molecule has 5 aliphatic rings. The van der Waals surface area contributed by atoms with Crippen molar-refractivity contribution in [3.8, 4) is 11.4 Å². The lowest BCUT2D eigenvalue weighted by Crippen LogP contribution is -2.54. The Balaban J connectivity index is 0.745. The number of nitrogens with one attached hydrogen (secondary N) is 1. The summed E-state index contributed by atoms with van der Waals surface area (Å²) >= 11 is 0. The van der Waals surface area contributed by atoms with Gasteiger partial charge in [-0.15, -0.1) is 5.10 Å². The van der Waals surface area contributed by atoms with E-state index in [0.717, 1.165) is 123 Å². The molecule has 0 bridgehead atoms. The Hall–Kier alpha value is -6.22. The van der Waals surface area contributed by atoms with E-state index < -0.39 is 23.8 Å². The SMILES string of the molecule is O=C1CCC(N2C(=O)c3ccc(N4CCC(CN5CCN(c6cccc(-c7cnc8ccc(N9CCCC9c9cccc(F)c9)nn78)n6)CC5)CC4)cc3C2=O)C(=O)N1. The molecule has 0 saturated carbocycles. The minimum absolute atomic E-state index is 0.0658. The van der Waals surface area contributed by atoms with Gasteiger partial charge >= 0.3 is 0 Å².